The van der Waals surface area contributed by atoms with Crippen LogP contribution in [0.5, 0.6) is 11.5 Å². The first-order chi connectivity index (χ1) is 10.5. The lowest BCUT2D eigenvalue weighted by atomic mass is 9.92. The molecule has 1 heterocycles. The number of halogens is 3. The number of alkyl halides is 2. The van der Waals surface area contributed by atoms with Crippen LogP contribution >= 0.6 is 12.4 Å². The topological polar surface area (TPSA) is 47.7 Å². The molecule has 2 unspecified atom stereocenters. The second-order valence-corrected chi connectivity index (χ2v) is 5.86. The van der Waals surface area contributed by atoms with Crippen molar-refractivity contribution in [2.45, 2.75) is 39.0 Å². The van der Waals surface area contributed by atoms with E-state index in [0.717, 1.165) is 31.6 Å². The van der Waals surface area contributed by atoms with Gasteiger partial charge in [0.25, 0.3) is 0 Å². The second kappa shape index (κ2) is 9.25. The number of piperidine rings is 1. The van der Waals surface area contributed by atoms with Crippen molar-refractivity contribution in [1.29, 1.82) is 0 Å². The number of ether oxygens (including phenoxy) is 2. The molecule has 1 saturated heterocycles. The molecule has 0 amide bonds. The minimum Gasteiger partial charge on any atom is -0.493 e. The molecule has 1 aromatic rings. The van der Waals surface area contributed by atoms with Gasteiger partial charge < -0.3 is 15.2 Å². The van der Waals surface area contributed by atoms with Gasteiger partial charge in [0.1, 0.15) is 0 Å². The highest BCUT2D eigenvalue weighted by Gasteiger charge is 2.23. The molecule has 0 bridgehead atoms. The van der Waals surface area contributed by atoms with E-state index in [1.54, 1.807) is 12.1 Å². The third-order valence-corrected chi connectivity index (χ3v) is 4.14. The fourth-order valence-corrected chi connectivity index (χ4v) is 2.93. The first-order valence-corrected chi connectivity index (χ1v) is 7.59. The molecule has 23 heavy (non-hydrogen) atoms. The molecule has 132 valence electrons. The van der Waals surface area contributed by atoms with Crippen molar-refractivity contribution in [3.05, 3.63) is 23.8 Å². The molecule has 0 spiro atoms. The summed E-state index contributed by atoms with van der Waals surface area (Å²) >= 11 is 0. The summed E-state index contributed by atoms with van der Waals surface area (Å²) in [5.74, 6) is 0.906. The van der Waals surface area contributed by atoms with E-state index in [1.807, 2.05) is 6.92 Å². The van der Waals surface area contributed by atoms with E-state index < -0.39 is 6.61 Å². The van der Waals surface area contributed by atoms with Crippen LogP contribution in [-0.2, 0) is 6.54 Å². The van der Waals surface area contributed by atoms with Gasteiger partial charge in [0.2, 0.25) is 0 Å². The number of likely N-dealkylation sites (tertiary alicyclic amines) is 1. The van der Waals surface area contributed by atoms with E-state index in [-0.39, 0.29) is 24.2 Å². The zero-order chi connectivity index (χ0) is 16.1. The smallest absolute Gasteiger partial charge is 0.387 e. The van der Waals surface area contributed by atoms with Crippen LogP contribution in [0.4, 0.5) is 8.78 Å². The number of hydrogen-bond donors (Lipinski definition) is 1. The maximum absolute atomic E-state index is 12.3. The largest absolute Gasteiger partial charge is 0.493 e. The van der Waals surface area contributed by atoms with Gasteiger partial charge in [0, 0.05) is 19.1 Å². The lowest BCUT2D eigenvalue weighted by molar-refractivity contribution is -0.0512. The molecule has 1 fully saturated rings. The average molecular weight is 351 g/mol. The van der Waals surface area contributed by atoms with Crippen LogP contribution < -0.4 is 15.2 Å². The molecule has 0 aliphatic carbocycles. The van der Waals surface area contributed by atoms with E-state index in [2.05, 4.69) is 9.64 Å². The van der Waals surface area contributed by atoms with Crippen LogP contribution in [0.1, 0.15) is 25.3 Å². The highest BCUT2D eigenvalue weighted by Crippen LogP contribution is 2.30. The van der Waals surface area contributed by atoms with E-state index in [1.165, 1.54) is 19.6 Å². The van der Waals surface area contributed by atoms with Gasteiger partial charge in [-0.2, -0.15) is 8.78 Å². The molecule has 1 aliphatic rings. The van der Waals surface area contributed by atoms with E-state index >= 15 is 0 Å². The van der Waals surface area contributed by atoms with Crippen molar-refractivity contribution < 1.29 is 18.3 Å². The van der Waals surface area contributed by atoms with Crippen molar-refractivity contribution in [1.82, 2.24) is 4.90 Å². The normalized spacial score (nSPS) is 20.0. The summed E-state index contributed by atoms with van der Waals surface area (Å²) in [4.78, 5) is 2.35. The highest BCUT2D eigenvalue weighted by atomic mass is 35.5. The van der Waals surface area contributed by atoms with Gasteiger partial charge in [0.15, 0.2) is 11.5 Å². The Morgan fingerprint density at radius 1 is 1.35 bits per heavy atom. The maximum Gasteiger partial charge on any atom is 0.387 e. The Bertz CT molecular complexity index is 489. The SMILES string of the molecule is COc1cc(CN2CCCC(C(C)N)C2)ccc1OC(F)F.Cl. The van der Waals surface area contributed by atoms with Crippen molar-refractivity contribution in [3.63, 3.8) is 0 Å². The average Bonchev–Trinajstić information content (AvgIpc) is 2.48. The molecule has 4 nitrogen and oxygen atoms in total. The fourth-order valence-electron chi connectivity index (χ4n) is 2.93. The van der Waals surface area contributed by atoms with Gasteiger partial charge >= 0.3 is 6.61 Å². The molecule has 1 aromatic carbocycles. The van der Waals surface area contributed by atoms with E-state index in [4.69, 9.17) is 10.5 Å². The van der Waals surface area contributed by atoms with Crippen LogP contribution in [0.15, 0.2) is 18.2 Å². The molecule has 2 N–H and O–H groups in total. The van der Waals surface area contributed by atoms with Crippen molar-refractivity contribution >= 4 is 12.4 Å². The number of hydrogen-bond acceptors (Lipinski definition) is 4. The Morgan fingerprint density at radius 3 is 2.70 bits per heavy atom. The molecule has 7 heteroatoms. The quantitative estimate of drug-likeness (QED) is 0.855. The summed E-state index contributed by atoms with van der Waals surface area (Å²) in [6.07, 6.45) is 2.30. The van der Waals surface area contributed by atoms with Gasteiger partial charge in [-0.3, -0.25) is 4.90 Å². The van der Waals surface area contributed by atoms with Crippen molar-refractivity contribution in [2.75, 3.05) is 20.2 Å². The summed E-state index contributed by atoms with van der Waals surface area (Å²) in [5.41, 5.74) is 7.02. The summed E-state index contributed by atoms with van der Waals surface area (Å²) < 4.78 is 34.2. The minimum atomic E-state index is -2.85. The Hall–Kier alpha value is -1.11. The second-order valence-electron chi connectivity index (χ2n) is 5.86. The number of methoxy groups -OCH3 is 1. The Balaban J connectivity index is 0.00000264. The van der Waals surface area contributed by atoms with E-state index in [0.29, 0.717) is 11.7 Å². The Morgan fingerprint density at radius 2 is 2.09 bits per heavy atom. The van der Waals surface area contributed by atoms with Gasteiger partial charge in [-0.15, -0.1) is 12.4 Å². The van der Waals surface area contributed by atoms with Crippen LogP contribution in [0.25, 0.3) is 0 Å². The lowest BCUT2D eigenvalue weighted by Crippen LogP contribution is -2.41. The number of benzene rings is 1. The van der Waals surface area contributed by atoms with Gasteiger partial charge in [-0.05, 0) is 49.9 Å². The summed E-state index contributed by atoms with van der Waals surface area (Å²) in [6, 6.07) is 5.29. The number of nitrogens with zero attached hydrogens (tertiary/aromatic N) is 1. The molecule has 2 atom stereocenters. The fraction of sp³-hybridized carbons (Fsp3) is 0.625. The molecular formula is C16H25ClF2N2O2. The molecular weight excluding hydrogens is 326 g/mol. The first-order valence-electron chi connectivity index (χ1n) is 7.59. The van der Waals surface area contributed by atoms with Gasteiger partial charge in [-0.1, -0.05) is 6.07 Å². The molecule has 2 rings (SSSR count). The third-order valence-electron chi connectivity index (χ3n) is 4.14. The Labute approximate surface area is 142 Å². The molecule has 0 radical (unpaired) electrons. The zero-order valence-corrected chi connectivity index (χ0v) is 14.3. The minimum absolute atomic E-state index is 0. The molecule has 0 saturated carbocycles. The maximum atomic E-state index is 12.3. The highest BCUT2D eigenvalue weighted by molar-refractivity contribution is 5.85. The molecule has 0 aromatic heterocycles. The van der Waals surface area contributed by atoms with Crippen molar-refractivity contribution in [2.24, 2.45) is 11.7 Å². The van der Waals surface area contributed by atoms with Crippen LogP contribution in [0.2, 0.25) is 0 Å². The van der Waals surface area contributed by atoms with Gasteiger partial charge in [0.05, 0.1) is 7.11 Å². The summed E-state index contributed by atoms with van der Waals surface area (Å²) in [6.45, 7) is 1.95. The third kappa shape index (κ3) is 5.79. The zero-order valence-electron chi connectivity index (χ0n) is 13.5. The van der Waals surface area contributed by atoms with E-state index in [9.17, 15) is 8.78 Å². The lowest BCUT2D eigenvalue weighted by Gasteiger charge is -2.34. The van der Waals surface area contributed by atoms with Crippen molar-refractivity contribution in [3.8, 4) is 11.5 Å². The number of nitrogens with two attached hydrogens (primary N) is 1. The van der Waals surface area contributed by atoms with Crippen LogP contribution in [0.3, 0.4) is 0 Å². The monoisotopic (exact) mass is 350 g/mol. The summed E-state index contributed by atoms with van der Waals surface area (Å²) in [7, 11) is 1.45. The standard InChI is InChI=1S/C16H24F2N2O2.ClH/c1-11(19)13-4-3-7-20(10-13)9-12-5-6-14(22-16(17)18)15(8-12)21-2;/h5-6,8,11,13,16H,3-4,7,9-10,19H2,1-2H3;1H. The van der Waals surface area contributed by atoms with Gasteiger partial charge in [-0.25, -0.2) is 0 Å². The Kier molecular flexibility index (Phi) is 8.02. The summed E-state index contributed by atoms with van der Waals surface area (Å²) in [5, 5.41) is 0. The molecule has 1 aliphatic heterocycles. The number of rotatable bonds is 6. The predicted octanol–water partition coefficient (Wildman–Crippen LogP) is 3.28. The predicted molar refractivity (Wildman–Crippen MR) is 88.5 cm³/mol. The van der Waals surface area contributed by atoms with Crippen LogP contribution in [0, 0.1) is 5.92 Å². The first kappa shape index (κ1) is 19.9. The van der Waals surface area contributed by atoms with Crippen LogP contribution in [-0.4, -0.2) is 37.8 Å².